The number of rotatable bonds is 9. The van der Waals surface area contributed by atoms with E-state index < -0.39 is 27.4 Å². The van der Waals surface area contributed by atoms with E-state index in [2.05, 4.69) is 0 Å². The van der Waals surface area contributed by atoms with Gasteiger partial charge in [0, 0.05) is 6.42 Å². The lowest BCUT2D eigenvalue weighted by molar-refractivity contribution is -0.155. The van der Waals surface area contributed by atoms with Gasteiger partial charge in [-0.15, -0.1) is 0 Å². The number of imidazole rings is 1. The van der Waals surface area contributed by atoms with Crippen molar-refractivity contribution in [2.45, 2.75) is 64.1 Å². The number of aromatic nitrogens is 2. The highest BCUT2D eigenvalue weighted by molar-refractivity contribution is 7.92. The van der Waals surface area contributed by atoms with Gasteiger partial charge in [-0.05, 0) is 69.2 Å². The van der Waals surface area contributed by atoms with Gasteiger partial charge in [0.05, 0.1) is 28.2 Å². The number of para-hydroxylation sites is 1. The molecule has 0 aliphatic heterocycles. The van der Waals surface area contributed by atoms with E-state index in [1.807, 2.05) is 37.3 Å². The summed E-state index contributed by atoms with van der Waals surface area (Å²) in [6, 6.07) is 19.2. The van der Waals surface area contributed by atoms with Crippen LogP contribution in [-0.2, 0) is 39.1 Å². The van der Waals surface area contributed by atoms with E-state index in [1.54, 1.807) is 43.5 Å². The Morgan fingerprint density at radius 2 is 1.68 bits per heavy atom. The molecule has 3 aromatic carbocycles. The lowest BCUT2D eigenvalue weighted by Crippen LogP contribution is -2.31. The van der Waals surface area contributed by atoms with E-state index in [9.17, 15) is 17.6 Å². The number of ether oxygens (including phenoxy) is 1. The maximum atomic E-state index is 14.0. The molecule has 0 bridgehead atoms. The van der Waals surface area contributed by atoms with Crippen LogP contribution in [0.1, 0.15) is 45.5 Å². The molecule has 9 heteroatoms. The van der Waals surface area contributed by atoms with Crippen molar-refractivity contribution in [2.24, 2.45) is 0 Å². The Bertz CT molecular complexity index is 1530. The molecule has 0 atom stereocenters. The van der Waals surface area contributed by atoms with Gasteiger partial charge in [0.1, 0.15) is 23.8 Å². The number of esters is 1. The minimum absolute atomic E-state index is 0.0282. The van der Waals surface area contributed by atoms with Crippen molar-refractivity contribution >= 4 is 32.7 Å². The Morgan fingerprint density at radius 3 is 2.32 bits per heavy atom. The maximum Gasteiger partial charge on any atom is 0.326 e. The average molecular weight is 538 g/mol. The van der Waals surface area contributed by atoms with Gasteiger partial charge in [0.2, 0.25) is 0 Å². The van der Waals surface area contributed by atoms with Crippen molar-refractivity contribution in [3.8, 4) is 0 Å². The van der Waals surface area contributed by atoms with Gasteiger partial charge >= 0.3 is 5.97 Å². The number of nitrogens with zero attached hydrogens (tertiary/aromatic N) is 3. The summed E-state index contributed by atoms with van der Waals surface area (Å²) in [6.45, 7) is 7.32. The van der Waals surface area contributed by atoms with Crippen LogP contribution in [0.3, 0.4) is 0 Å². The second-order valence-electron chi connectivity index (χ2n) is 10.0. The molecule has 0 fully saturated rings. The zero-order chi connectivity index (χ0) is 27.5. The first-order chi connectivity index (χ1) is 18.0. The molecule has 0 saturated carbocycles. The van der Waals surface area contributed by atoms with E-state index in [0.29, 0.717) is 29.0 Å². The van der Waals surface area contributed by atoms with E-state index >= 15 is 0 Å². The van der Waals surface area contributed by atoms with E-state index in [4.69, 9.17) is 9.72 Å². The van der Waals surface area contributed by atoms with Crippen LogP contribution in [0, 0.1) is 5.82 Å². The molecular weight excluding hydrogens is 505 g/mol. The molecule has 7 nitrogen and oxygen atoms in total. The quantitative estimate of drug-likeness (QED) is 0.250. The maximum absolute atomic E-state index is 14.0. The van der Waals surface area contributed by atoms with E-state index in [-0.39, 0.29) is 18.0 Å². The number of carbonyl (C=O) groups excluding carboxylic acids is 1. The number of carbonyl (C=O) groups is 1. The number of sulfonamides is 1. The fourth-order valence-electron chi connectivity index (χ4n) is 4.29. The molecule has 4 aromatic rings. The third kappa shape index (κ3) is 6.05. The number of hydrogen-bond acceptors (Lipinski definition) is 5. The predicted octanol–water partition coefficient (Wildman–Crippen LogP) is 5.87. The number of benzene rings is 3. The van der Waals surface area contributed by atoms with Crippen molar-refractivity contribution < 1.29 is 22.3 Å². The number of hydrogen-bond donors (Lipinski definition) is 0. The van der Waals surface area contributed by atoms with Crippen molar-refractivity contribution in [2.75, 3.05) is 4.31 Å². The largest absolute Gasteiger partial charge is 0.459 e. The second-order valence-corrected chi connectivity index (χ2v) is 11.9. The number of halogens is 1. The molecule has 0 spiro atoms. The minimum atomic E-state index is -4.13. The summed E-state index contributed by atoms with van der Waals surface area (Å²) in [5.74, 6) is -0.306. The summed E-state index contributed by atoms with van der Waals surface area (Å²) < 4.78 is 50.3. The van der Waals surface area contributed by atoms with Crippen LogP contribution < -0.4 is 4.31 Å². The molecular formula is C29H32FN3O4S. The van der Waals surface area contributed by atoms with Crippen LogP contribution in [0.15, 0.2) is 77.7 Å². The van der Waals surface area contributed by atoms with Gasteiger partial charge in [0.25, 0.3) is 10.0 Å². The van der Waals surface area contributed by atoms with Crippen molar-refractivity contribution in [3.63, 3.8) is 0 Å². The number of aryl methyl sites for hydroxylation is 1. The molecule has 38 heavy (non-hydrogen) atoms. The summed E-state index contributed by atoms with van der Waals surface area (Å²) in [6.07, 6.45) is 1.38. The van der Waals surface area contributed by atoms with Crippen LogP contribution in [0.2, 0.25) is 0 Å². The summed E-state index contributed by atoms with van der Waals surface area (Å²) in [4.78, 5) is 17.6. The topological polar surface area (TPSA) is 81.5 Å². The molecule has 4 rings (SSSR count). The lowest BCUT2D eigenvalue weighted by Gasteiger charge is -2.26. The number of anilines is 1. The van der Waals surface area contributed by atoms with Gasteiger partial charge in [-0.25, -0.2) is 17.8 Å². The Balaban J connectivity index is 1.92. The van der Waals surface area contributed by atoms with Crippen molar-refractivity contribution in [1.82, 2.24) is 9.55 Å². The molecule has 0 saturated heterocycles. The molecule has 0 aliphatic carbocycles. The Morgan fingerprint density at radius 1 is 1.00 bits per heavy atom. The van der Waals surface area contributed by atoms with Crippen LogP contribution in [0.5, 0.6) is 0 Å². The van der Waals surface area contributed by atoms with Gasteiger partial charge in [-0.3, -0.25) is 9.10 Å². The first-order valence-electron chi connectivity index (χ1n) is 12.5. The molecule has 1 aromatic heterocycles. The van der Waals surface area contributed by atoms with Crippen LogP contribution in [0.25, 0.3) is 11.0 Å². The molecule has 0 amide bonds. The molecule has 0 radical (unpaired) electrons. The normalized spacial score (nSPS) is 12.0. The van der Waals surface area contributed by atoms with Gasteiger partial charge < -0.3 is 9.30 Å². The highest BCUT2D eigenvalue weighted by Gasteiger charge is 2.29. The van der Waals surface area contributed by atoms with Crippen LogP contribution >= 0.6 is 0 Å². The van der Waals surface area contributed by atoms with Crippen molar-refractivity contribution in [3.05, 3.63) is 90.0 Å². The SMILES string of the molecule is CCCc1nc2cccc(N(Cc3ccccc3)S(=O)(=O)c3ccc(F)cc3)c2n1CC(=O)OC(C)(C)C. The Labute approximate surface area is 222 Å². The van der Waals surface area contributed by atoms with Crippen LogP contribution in [-0.4, -0.2) is 29.5 Å². The molecule has 200 valence electrons. The zero-order valence-electron chi connectivity index (χ0n) is 22.0. The smallest absolute Gasteiger partial charge is 0.326 e. The summed E-state index contributed by atoms with van der Waals surface area (Å²) in [7, 11) is -4.13. The first-order valence-corrected chi connectivity index (χ1v) is 14.0. The summed E-state index contributed by atoms with van der Waals surface area (Å²) in [5.41, 5.74) is 1.55. The fourth-order valence-corrected chi connectivity index (χ4v) is 5.75. The first kappa shape index (κ1) is 27.3. The lowest BCUT2D eigenvalue weighted by atomic mass is 10.2. The standard InChI is InChI=1S/C29H32FN3O4S/c1-5-10-26-31-24-13-9-14-25(28(24)32(26)20-27(34)37-29(2,3)4)33(19-21-11-7-6-8-12-21)38(35,36)23-17-15-22(30)16-18-23/h6-9,11-18H,5,10,19-20H2,1-4H3. The highest BCUT2D eigenvalue weighted by Crippen LogP contribution is 2.34. The summed E-state index contributed by atoms with van der Waals surface area (Å²) in [5, 5.41) is 0. The Hall–Kier alpha value is -3.72. The predicted molar refractivity (Wildman–Crippen MR) is 146 cm³/mol. The third-order valence-corrected chi connectivity index (χ3v) is 7.62. The molecule has 0 unspecified atom stereocenters. The summed E-state index contributed by atoms with van der Waals surface area (Å²) >= 11 is 0. The second kappa shape index (κ2) is 10.9. The number of fused-ring (bicyclic) bond motifs is 1. The van der Waals surface area contributed by atoms with Gasteiger partial charge in [-0.1, -0.05) is 43.3 Å². The highest BCUT2D eigenvalue weighted by atomic mass is 32.2. The van der Waals surface area contributed by atoms with Crippen molar-refractivity contribution in [1.29, 1.82) is 0 Å². The van der Waals surface area contributed by atoms with E-state index in [1.165, 1.54) is 16.4 Å². The van der Waals surface area contributed by atoms with Crippen LogP contribution in [0.4, 0.5) is 10.1 Å². The van der Waals surface area contributed by atoms with Gasteiger partial charge in [0.15, 0.2) is 0 Å². The average Bonchev–Trinajstić information content (AvgIpc) is 3.19. The molecule has 0 N–H and O–H groups in total. The zero-order valence-corrected chi connectivity index (χ0v) is 22.8. The van der Waals surface area contributed by atoms with E-state index in [0.717, 1.165) is 24.1 Å². The fraction of sp³-hybridized carbons (Fsp3) is 0.310. The third-order valence-electron chi connectivity index (χ3n) is 5.84. The molecule has 0 aliphatic rings. The van der Waals surface area contributed by atoms with Gasteiger partial charge in [-0.2, -0.15) is 0 Å². The Kier molecular flexibility index (Phi) is 7.87. The minimum Gasteiger partial charge on any atom is -0.459 e. The monoisotopic (exact) mass is 537 g/mol. The molecule has 1 heterocycles.